The average Bonchev–Trinajstić information content (AvgIpc) is 2.22. The van der Waals surface area contributed by atoms with Crippen LogP contribution in [0.1, 0.15) is 26.2 Å². The summed E-state index contributed by atoms with van der Waals surface area (Å²) in [5, 5.41) is 12.7. The molecule has 0 fully saturated rings. The van der Waals surface area contributed by atoms with Crippen LogP contribution >= 0.6 is 23.2 Å². The number of aromatic hydroxyl groups is 1. The van der Waals surface area contributed by atoms with Crippen LogP contribution in [0, 0.1) is 0 Å². The van der Waals surface area contributed by atoms with Crippen LogP contribution in [0.4, 0.5) is 5.69 Å². The Hall–Kier alpha value is -0.930. The normalized spacial score (nSPS) is 10.2. The van der Waals surface area contributed by atoms with Gasteiger partial charge in [0, 0.05) is 11.4 Å². The molecule has 2 N–H and O–H groups in total. The quantitative estimate of drug-likeness (QED) is 0.810. The summed E-state index contributed by atoms with van der Waals surface area (Å²) in [6, 6.07) is 2.88. The van der Waals surface area contributed by atoms with Crippen LogP contribution < -0.4 is 5.32 Å². The van der Waals surface area contributed by atoms with Crippen molar-refractivity contribution in [1.29, 1.82) is 0 Å². The molecule has 88 valence electrons. The Balaban J connectivity index is 2.77. The number of rotatable bonds is 4. The molecule has 0 aliphatic heterocycles. The third kappa shape index (κ3) is 3.58. The van der Waals surface area contributed by atoms with E-state index in [4.69, 9.17) is 23.2 Å². The van der Waals surface area contributed by atoms with Crippen molar-refractivity contribution in [2.45, 2.75) is 26.2 Å². The van der Waals surface area contributed by atoms with Gasteiger partial charge in [0.1, 0.15) is 0 Å². The molecule has 1 aromatic carbocycles. The van der Waals surface area contributed by atoms with E-state index in [1.807, 2.05) is 6.92 Å². The molecule has 0 spiro atoms. The van der Waals surface area contributed by atoms with Gasteiger partial charge >= 0.3 is 0 Å². The van der Waals surface area contributed by atoms with E-state index < -0.39 is 0 Å². The van der Waals surface area contributed by atoms with Crippen molar-refractivity contribution in [1.82, 2.24) is 0 Å². The van der Waals surface area contributed by atoms with E-state index in [-0.39, 0.29) is 22.4 Å². The molecule has 16 heavy (non-hydrogen) atoms. The van der Waals surface area contributed by atoms with Crippen LogP contribution in [0.5, 0.6) is 5.75 Å². The standard InChI is InChI=1S/C11H13Cl2NO2/c1-2-3-4-10(15)14-9-6-7(12)5-8(13)11(9)16/h5-6,16H,2-4H2,1H3,(H,14,15). The Labute approximate surface area is 104 Å². The lowest BCUT2D eigenvalue weighted by molar-refractivity contribution is -0.116. The summed E-state index contributed by atoms with van der Waals surface area (Å²) in [7, 11) is 0. The number of carbonyl (C=O) groups is 1. The number of unbranched alkanes of at least 4 members (excludes halogenated alkanes) is 1. The van der Waals surface area contributed by atoms with Gasteiger partial charge in [0.15, 0.2) is 5.75 Å². The number of phenolic OH excluding ortho intramolecular Hbond substituents is 1. The van der Waals surface area contributed by atoms with E-state index in [0.29, 0.717) is 11.4 Å². The van der Waals surface area contributed by atoms with E-state index in [2.05, 4.69) is 5.32 Å². The van der Waals surface area contributed by atoms with Gasteiger partial charge in [-0.05, 0) is 18.6 Å². The summed E-state index contributed by atoms with van der Waals surface area (Å²) in [5.41, 5.74) is 0.249. The van der Waals surface area contributed by atoms with Crippen LogP contribution in [0.15, 0.2) is 12.1 Å². The van der Waals surface area contributed by atoms with E-state index in [1.54, 1.807) is 0 Å². The summed E-state index contributed by atoms with van der Waals surface area (Å²) in [6.07, 6.45) is 2.16. The number of phenols is 1. The van der Waals surface area contributed by atoms with Crippen LogP contribution in [0.25, 0.3) is 0 Å². The Morgan fingerprint density at radius 1 is 1.44 bits per heavy atom. The topological polar surface area (TPSA) is 49.3 Å². The molecule has 3 nitrogen and oxygen atoms in total. The second-order valence-corrected chi connectivity index (χ2v) is 4.28. The highest BCUT2D eigenvalue weighted by molar-refractivity contribution is 6.36. The molecule has 1 amide bonds. The molecular weight excluding hydrogens is 249 g/mol. The van der Waals surface area contributed by atoms with Crippen molar-refractivity contribution in [3.63, 3.8) is 0 Å². The summed E-state index contributed by atoms with van der Waals surface area (Å²) in [4.78, 5) is 11.4. The maximum absolute atomic E-state index is 11.4. The minimum absolute atomic E-state index is 0.123. The first kappa shape index (κ1) is 13.1. The van der Waals surface area contributed by atoms with E-state index in [9.17, 15) is 9.90 Å². The molecule has 0 bridgehead atoms. The van der Waals surface area contributed by atoms with Crippen molar-refractivity contribution in [3.8, 4) is 5.75 Å². The smallest absolute Gasteiger partial charge is 0.224 e. The van der Waals surface area contributed by atoms with Crippen LogP contribution in [-0.4, -0.2) is 11.0 Å². The SMILES string of the molecule is CCCCC(=O)Nc1cc(Cl)cc(Cl)c1O. The van der Waals surface area contributed by atoms with Gasteiger partial charge in [-0.3, -0.25) is 4.79 Å². The van der Waals surface area contributed by atoms with Gasteiger partial charge in [-0.2, -0.15) is 0 Å². The summed E-state index contributed by atoms with van der Waals surface area (Å²) in [6.45, 7) is 2.00. The maximum atomic E-state index is 11.4. The van der Waals surface area contributed by atoms with Gasteiger partial charge in [0.25, 0.3) is 0 Å². The molecule has 0 aromatic heterocycles. The molecule has 0 heterocycles. The number of nitrogens with one attached hydrogen (secondary N) is 1. The third-order valence-corrected chi connectivity index (χ3v) is 2.57. The number of anilines is 1. The highest BCUT2D eigenvalue weighted by atomic mass is 35.5. The van der Waals surface area contributed by atoms with Gasteiger partial charge in [-0.1, -0.05) is 36.5 Å². The molecule has 0 radical (unpaired) electrons. The Kier molecular flexibility index (Phi) is 4.90. The van der Waals surface area contributed by atoms with E-state index in [1.165, 1.54) is 12.1 Å². The van der Waals surface area contributed by atoms with Crippen LogP contribution in [0.3, 0.4) is 0 Å². The molecule has 0 saturated heterocycles. The minimum atomic E-state index is -0.157. The van der Waals surface area contributed by atoms with Crippen LogP contribution in [-0.2, 0) is 4.79 Å². The number of benzene rings is 1. The summed E-state index contributed by atoms with van der Waals surface area (Å²) >= 11 is 11.5. The first-order chi connectivity index (χ1) is 7.54. The van der Waals surface area contributed by atoms with Crippen molar-refractivity contribution in [2.75, 3.05) is 5.32 Å². The van der Waals surface area contributed by atoms with Crippen molar-refractivity contribution < 1.29 is 9.90 Å². The molecule has 0 unspecified atom stereocenters. The molecule has 5 heteroatoms. The van der Waals surface area contributed by atoms with Crippen molar-refractivity contribution in [3.05, 3.63) is 22.2 Å². The van der Waals surface area contributed by atoms with Crippen molar-refractivity contribution in [2.24, 2.45) is 0 Å². The summed E-state index contributed by atoms with van der Waals surface area (Å²) in [5.74, 6) is -0.314. The Bertz CT molecular complexity index is 394. The fourth-order valence-corrected chi connectivity index (χ4v) is 1.70. The zero-order valence-corrected chi connectivity index (χ0v) is 10.4. The number of carbonyl (C=O) groups excluding carboxylic acids is 1. The lowest BCUT2D eigenvalue weighted by atomic mass is 10.2. The number of hydrogen-bond acceptors (Lipinski definition) is 2. The van der Waals surface area contributed by atoms with E-state index in [0.717, 1.165) is 12.8 Å². The molecule has 0 aliphatic rings. The first-order valence-corrected chi connectivity index (χ1v) is 5.78. The molecule has 0 saturated carbocycles. The molecular formula is C11H13Cl2NO2. The lowest BCUT2D eigenvalue weighted by Crippen LogP contribution is -2.11. The second-order valence-electron chi connectivity index (χ2n) is 3.44. The molecule has 1 rings (SSSR count). The molecule has 0 aliphatic carbocycles. The van der Waals surface area contributed by atoms with Gasteiger partial charge < -0.3 is 10.4 Å². The predicted octanol–water partition coefficient (Wildman–Crippen LogP) is 3.83. The maximum Gasteiger partial charge on any atom is 0.224 e. The van der Waals surface area contributed by atoms with Gasteiger partial charge in [-0.15, -0.1) is 0 Å². The van der Waals surface area contributed by atoms with Crippen molar-refractivity contribution >= 4 is 34.8 Å². The van der Waals surface area contributed by atoms with Crippen LogP contribution in [0.2, 0.25) is 10.0 Å². The zero-order chi connectivity index (χ0) is 12.1. The second kappa shape index (κ2) is 5.97. The van der Waals surface area contributed by atoms with Gasteiger partial charge in [-0.25, -0.2) is 0 Å². The number of hydrogen-bond donors (Lipinski definition) is 2. The molecule has 0 atom stereocenters. The highest BCUT2D eigenvalue weighted by Crippen LogP contribution is 2.35. The molecule has 1 aromatic rings. The number of halogens is 2. The minimum Gasteiger partial charge on any atom is -0.504 e. The fourth-order valence-electron chi connectivity index (χ4n) is 1.21. The zero-order valence-electron chi connectivity index (χ0n) is 8.89. The Morgan fingerprint density at radius 2 is 2.12 bits per heavy atom. The first-order valence-electron chi connectivity index (χ1n) is 5.02. The lowest BCUT2D eigenvalue weighted by Gasteiger charge is -2.08. The number of amides is 1. The fraction of sp³-hybridized carbons (Fsp3) is 0.364. The van der Waals surface area contributed by atoms with Gasteiger partial charge in [0.2, 0.25) is 5.91 Å². The third-order valence-electron chi connectivity index (χ3n) is 2.06. The predicted molar refractivity (Wildman–Crippen MR) is 66.3 cm³/mol. The Morgan fingerprint density at radius 3 is 2.75 bits per heavy atom. The largest absolute Gasteiger partial charge is 0.504 e. The van der Waals surface area contributed by atoms with Gasteiger partial charge in [0.05, 0.1) is 10.7 Å². The average molecular weight is 262 g/mol. The summed E-state index contributed by atoms with van der Waals surface area (Å²) < 4.78 is 0. The monoisotopic (exact) mass is 261 g/mol. The van der Waals surface area contributed by atoms with E-state index >= 15 is 0 Å². The highest BCUT2D eigenvalue weighted by Gasteiger charge is 2.10.